The number of hydrogen-bond donors (Lipinski definition) is 1. The van der Waals surface area contributed by atoms with Crippen LogP contribution < -0.4 is 4.74 Å². The number of aliphatic hydroxyl groups is 1. The molecule has 1 N–H and O–H groups in total. The third-order valence-electron chi connectivity index (χ3n) is 5.99. The van der Waals surface area contributed by atoms with Crippen molar-refractivity contribution in [1.82, 2.24) is 4.90 Å². The minimum absolute atomic E-state index is 0.0180. The summed E-state index contributed by atoms with van der Waals surface area (Å²) in [7, 11) is -3.39. The predicted molar refractivity (Wildman–Crippen MR) is 124 cm³/mol. The Hall–Kier alpha value is -3.20. The van der Waals surface area contributed by atoms with Crippen molar-refractivity contribution in [2.75, 3.05) is 18.1 Å². The van der Waals surface area contributed by atoms with Crippen LogP contribution in [0.2, 0.25) is 0 Å². The van der Waals surface area contributed by atoms with E-state index in [4.69, 9.17) is 4.74 Å². The second kappa shape index (κ2) is 9.21. The Kier molecular flexibility index (Phi) is 6.49. The molecule has 0 spiro atoms. The molecular formula is C25H26FNO6S. The summed E-state index contributed by atoms with van der Waals surface area (Å²) in [6.07, 6.45) is 0.141. The molecule has 2 aromatic rings. The van der Waals surface area contributed by atoms with Gasteiger partial charge in [-0.2, -0.15) is 0 Å². The third kappa shape index (κ3) is 4.57. The molecule has 2 fully saturated rings. The monoisotopic (exact) mass is 487 g/mol. The highest BCUT2D eigenvalue weighted by molar-refractivity contribution is 7.91. The maximum absolute atomic E-state index is 14.9. The van der Waals surface area contributed by atoms with Gasteiger partial charge in [-0.3, -0.25) is 9.59 Å². The second-order valence-electron chi connectivity index (χ2n) is 9.01. The summed E-state index contributed by atoms with van der Waals surface area (Å²) >= 11 is 0. The van der Waals surface area contributed by atoms with Crippen LogP contribution in [0, 0.1) is 11.7 Å². The van der Waals surface area contributed by atoms with Crippen molar-refractivity contribution < 1.29 is 32.2 Å². The van der Waals surface area contributed by atoms with Gasteiger partial charge in [0, 0.05) is 17.2 Å². The first kappa shape index (κ1) is 23.9. The van der Waals surface area contributed by atoms with Gasteiger partial charge in [-0.15, -0.1) is 0 Å². The molecule has 2 aromatic carbocycles. The lowest BCUT2D eigenvalue weighted by molar-refractivity contribution is -0.141. The summed E-state index contributed by atoms with van der Waals surface area (Å²) < 4.78 is 44.7. The predicted octanol–water partition coefficient (Wildman–Crippen LogP) is 3.47. The van der Waals surface area contributed by atoms with Crippen LogP contribution >= 0.6 is 0 Å². The average Bonchev–Trinajstić information content (AvgIpc) is 3.28. The van der Waals surface area contributed by atoms with Gasteiger partial charge in [0.2, 0.25) is 0 Å². The summed E-state index contributed by atoms with van der Waals surface area (Å²) in [5, 5.41) is 11.1. The summed E-state index contributed by atoms with van der Waals surface area (Å²) in [4.78, 5) is 27.2. The number of nitrogens with zero attached hydrogens (tertiary/aromatic N) is 1. The zero-order valence-corrected chi connectivity index (χ0v) is 19.7. The Bertz CT molecular complexity index is 1250. The number of benzene rings is 2. The highest BCUT2D eigenvalue weighted by Gasteiger charge is 2.51. The average molecular weight is 488 g/mol. The fourth-order valence-electron chi connectivity index (χ4n) is 4.35. The van der Waals surface area contributed by atoms with E-state index in [0.717, 1.165) is 4.90 Å². The van der Waals surface area contributed by atoms with Crippen molar-refractivity contribution in [2.24, 2.45) is 5.92 Å². The molecule has 2 aliphatic heterocycles. The molecule has 1 amide bonds. The lowest BCUT2D eigenvalue weighted by Gasteiger charge is -2.30. The van der Waals surface area contributed by atoms with Crippen molar-refractivity contribution in [2.45, 2.75) is 32.4 Å². The molecule has 0 aromatic heterocycles. The van der Waals surface area contributed by atoms with Gasteiger partial charge < -0.3 is 14.7 Å². The van der Waals surface area contributed by atoms with Crippen LogP contribution in [0.5, 0.6) is 5.75 Å². The van der Waals surface area contributed by atoms with Gasteiger partial charge >= 0.3 is 0 Å². The molecule has 2 atom stereocenters. The maximum atomic E-state index is 14.9. The number of amides is 1. The Balaban J connectivity index is 1.79. The van der Waals surface area contributed by atoms with Gasteiger partial charge in [0.25, 0.3) is 11.7 Å². The second-order valence-corrected chi connectivity index (χ2v) is 11.2. The lowest BCUT2D eigenvalue weighted by Crippen LogP contribution is -2.40. The number of sulfone groups is 1. The van der Waals surface area contributed by atoms with Gasteiger partial charge in [0.05, 0.1) is 29.7 Å². The lowest BCUT2D eigenvalue weighted by atomic mass is 9.94. The maximum Gasteiger partial charge on any atom is 0.295 e. The molecule has 0 aliphatic carbocycles. The minimum atomic E-state index is -3.39. The number of carbonyl (C=O) groups is 2. The molecule has 9 heteroatoms. The van der Waals surface area contributed by atoms with E-state index in [1.54, 1.807) is 30.3 Å². The molecule has 0 radical (unpaired) electrons. The molecule has 4 rings (SSSR count). The molecule has 34 heavy (non-hydrogen) atoms. The van der Waals surface area contributed by atoms with E-state index in [-0.39, 0.29) is 34.6 Å². The van der Waals surface area contributed by atoms with Crippen molar-refractivity contribution in [3.8, 4) is 5.75 Å². The zero-order valence-electron chi connectivity index (χ0n) is 18.9. The summed E-state index contributed by atoms with van der Waals surface area (Å²) in [5.41, 5.74) is 0.00922. The molecule has 2 heterocycles. The van der Waals surface area contributed by atoms with Crippen LogP contribution in [-0.2, 0) is 19.4 Å². The number of hydrogen-bond acceptors (Lipinski definition) is 6. The molecular weight excluding hydrogens is 461 g/mol. The number of rotatable bonds is 6. The third-order valence-corrected chi connectivity index (χ3v) is 7.74. The number of ether oxygens (including phenoxy) is 1. The van der Waals surface area contributed by atoms with Crippen LogP contribution in [0.1, 0.15) is 37.4 Å². The number of halogens is 1. The van der Waals surface area contributed by atoms with Crippen LogP contribution in [0.25, 0.3) is 5.76 Å². The van der Waals surface area contributed by atoms with E-state index in [2.05, 4.69) is 0 Å². The van der Waals surface area contributed by atoms with E-state index in [1.165, 1.54) is 18.2 Å². The quantitative estimate of drug-likeness (QED) is 0.380. The topological polar surface area (TPSA) is 101 Å². The number of ketones is 1. The van der Waals surface area contributed by atoms with Crippen LogP contribution in [-0.4, -0.2) is 54.3 Å². The normalized spacial score (nSPS) is 23.6. The fraction of sp³-hybridized carbons (Fsp3) is 0.360. The largest absolute Gasteiger partial charge is 0.507 e. The fourth-order valence-corrected chi connectivity index (χ4v) is 6.06. The van der Waals surface area contributed by atoms with Gasteiger partial charge in [-0.05, 0) is 42.7 Å². The Morgan fingerprint density at radius 1 is 1.15 bits per heavy atom. The van der Waals surface area contributed by atoms with Crippen LogP contribution in [0.15, 0.2) is 54.1 Å². The molecule has 0 unspecified atom stereocenters. The van der Waals surface area contributed by atoms with Crippen molar-refractivity contribution in [1.29, 1.82) is 0 Å². The van der Waals surface area contributed by atoms with Crippen LogP contribution in [0.4, 0.5) is 4.39 Å². The first-order valence-corrected chi connectivity index (χ1v) is 12.9. The van der Waals surface area contributed by atoms with E-state index in [1.807, 2.05) is 13.8 Å². The standard InChI is InChI=1S/C25H26FNO6S/c1-15(2)13-33-18-9-7-16(8-10-18)23(28)21-22(19-5-3-4-6-20(19)26)27(25(30)24(21)29)17-11-12-34(31,32)14-17/h3-10,15,17,22,28H,11-14H2,1-2H3/t17-,22-/m1/s1. The summed E-state index contributed by atoms with van der Waals surface area (Å²) in [6, 6.07) is 10.0. The minimum Gasteiger partial charge on any atom is -0.507 e. The van der Waals surface area contributed by atoms with E-state index in [9.17, 15) is 27.5 Å². The van der Waals surface area contributed by atoms with E-state index in [0.29, 0.717) is 18.3 Å². The van der Waals surface area contributed by atoms with Crippen molar-refractivity contribution in [3.05, 3.63) is 71.0 Å². The van der Waals surface area contributed by atoms with Gasteiger partial charge in [-0.1, -0.05) is 32.0 Å². The van der Waals surface area contributed by atoms with Crippen molar-refractivity contribution in [3.63, 3.8) is 0 Å². The smallest absolute Gasteiger partial charge is 0.295 e. The molecule has 2 aliphatic rings. The number of likely N-dealkylation sites (tertiary alicyclic amines) is 1. The highest BCUT2D eigenvalue weighted by atomic mass is 32.2. The Labute approximate surface area is 197 Å². The molecule has 0 saturated carbocycles. The summed E-state index contributed by atoms with van der Waals surface area (Å²) in [6.45, 7) is 4.53. The SMILES string of the molecule is CC(C)COc1ccc(C(O)=C2C(=O)C(=O)N([C@@H]3CCS(=O)(=O)C3)[C@@H]2c2ccccc2F)cc1. The molecule has 2 saturated heterocycles. The summed E-state index contributed by atoms with van der Waals surface area (Å²) in [5.74, 6) is -2.58. The first-order chi connectivity index (χ1) is 16.1. The van der Waals surface area contributed by atoms with E-state index >= 15 is 0 Å². The van der Waals surface area contributed by atoms with Crippen molar-refractivity contribution >= 4 is 27.3 Å². The van der Waals surface area contributed by atoms with E-state index < -0.39 is 45.2 Å². The molecule has 7 nitrogen and oxygen atoms in total. The zero-order chi connectivity index (χ0) is 24.6. The first-order valence-electron chi connectivity index (χ1n) is 11.1. The number of Topliss-reactive ketones (excluding diaryl/α,β-unsaturated/α-hetero) is 1. The number of carbonyl (C=O) groups excluding carboxylic acids is 2. The van der Waals surface area contributed by atoms with Gasteiger partial charge in [-0.25, -0.2) is 12.8 Å². The van der Waals surface area contributed by atoms with Gasteiger partial charge in [0.15, 0.2) is 9.84 Å². The molecule has 0 bridgehead atoms. The highest BCUT2D eigenvalue weighted by Crippen LogP contribution is 2.43. The number of aliphatic hydroxyl groups excluding tert-OH is 1. The Morgan fingerprint density at radius 2 is 1.82 bits per heavy atom. The van der Waals surface area contributed by atoms with Gasteiger partial charge in [0.1, 0.15) is 17.3 Å². The van der Waals surface area contributed by atoms with Crippen LogP contribution in [0.3, 0.4) is 0 Å². The molecule has 180 valence electrons. The Morgan fingerprint density at radius 3 is 2.41 bits per heavy atom.